The molecule has 0 bridgehead atoms. The molecule has 0 unspecified atom stereocenters. The molecule has 30 heavy (non-hydrogen) atoms. The number of carbonyl (C=O) groups excluding carboxylic acids is 3. The third-order valence-electron chi connectivity index (χ3n) is 5.97. The lowest BCUT2D eigenvalue weighted by molar-refractivity contribution is -0.126. The summed E-state index contributed by atoms with van der Waals surface area (Å²) in [5.74, 6) is -0.372. The second-order valence-corrected chi connectivity index (χ2v) is 8.46. The van der Waals surface area contributed by atoms with Gasteiger partial charge >= 0.3 is 6.03 Å². The minimum Gasteiger partial charge on any atom is -0.339 e. The molecule has 2 aliphatic heterocycles. The third-order valence-corrected chi connectivity index (χ3v) is 6.68. The van der Waals surface area contributed by atoms with E-state index in [9.17, 15) is 14.4 Å². The molecule has 2 N–H and O–H groups in total. The third kappa shape index (κ3) is 3.79. The SMILES string of the molecule is CSc1ncccc1C(=O)N1CCC([C@@]2(Cc3ccccc3)NC(=O)NC2=O)CC1. The quantitative estimate of drug-likeness (QED) is 0.568. The molecule has 0 spiro atoms. The maximum absolute atomic E-state index is 13.0. The Morgan fingerprint density at radius 3 is 2.53 bits per heavy atom. The van der Waals surface area contributed by atoms with Gasteiger partial charge < -0.3 is 10.2 Å². The van der Waals surface area contributed by atoms with Crippen LogP contribution >= 0.6 is 11.8 Å². The number of aromatic nitrogens is 1. The number of pyridine rings is 1. The molecular weight excluding hydrogens is 400 g/mol. The minimum atomic E-state index is -0.980. The van der Waals surface area contributed by atoms with Gasteiger partial charge in [0.1, 0.15) is 10.6 Å². The molecule has 7 nitrogen and oxygen atoms in total. The summed E-state index contributed by atoms with van der Waals surface area (Å²) in [6.07, 6.45) is 5.30. The Kier molecular flexibility index (Phi) is 5.76. The molecule has 8 heteroatoms. The lowest BCUT2D eigenvalue weighted by Gasteiger charge is -2.40. The van der Waals surface area contributed by atoms with Gasteiger partial charge in [0.2, 0.25) is 0 Å². The second-order valence-electron chi connectivity index (χ2n) is 7.67. The fourth-order valence-electron chi connectivity index (χ4n) is 4.44. The molecule has 2 aliphatic rings. The predicted molar refractivity (Wildman–Crippen MR) is 114 cm³/mol. The monoisotopic (exact) mass is 424 g/mol. The molecule has 1 atom stereocenters. The smallest absolute Gasteiger partial charge is 0.322 e. The zero-order valence-electron chi connectivity index (χ0n) is 16.8. The highest BCUT2D eigenvalue weighted by Gasteiger charge is 2.52. The average Bonchev–Trinajstić information content (AvgIpc) is 3.07. The summed E-state index contributed by atoms with van der Waals surface area (Å²) in [7, 11) is 0. The molecule has 1 aromatic carbocycles. The molecule has 2 fully saturated rings. The lowest BCUT2D eigenvalue weighted by Crippen LogP contribution is -2.58. The first-order valence-corrected chi connectivity index (χ1v) is 11.2. The molecule has 2 aromatic rings. The van der Waals surface area contributed by atoms with Crippen molar-refractivity contribution in [3.05, 3.63) is 59.8 Å². The predicted octanol–water partition coefficient (Wildman–Crippen LogP) is 2.48. The van der Waals surface area contributed by atoms with E-state index in [1.807, 2.05) is 41.5 Å². The molecule has 2 saturated heterocycles. The molecule has 156 valence electrons. The Morgan fingerprint density at radius 1 is 1.17 bits per heavy atom. The van der Waals surface area contributed by atoms with Gasteiger partial charge in [-0.15, -0.1) is 11.8 Å². The van der Waals surface area contributed by atoms with Crippen LogP contribution < -0.4 is 10.6 Å². The number of piperidine rings is 1. The average molecular weight is 425 g/mol. The number of nitrogens with one attached hydrogen (secondary N) is 2. The van der Waals surface area contributed by atoms with Crippen molar-refractivity contribution in [2.45, 2.75) is 29.8 Å². The topological polar surface area (TPSA) is 91.4 Å². The van der Waals surface area contributed by atoms with Crippen LogP contribution in [0, 0.1) is 5.92 Å². The summed E-state index contributed by atoms with van der Waals surface area (Å²) in [5, 5.41) is 6.05. The van der Waals surface area contributed by atoms with Gasteiger partial charge in [0.25, 0.3) is 11.8 Å². The number of rotatable bonds is 5. The van der Waals surface area contributed by atoms with E-state index in [0.29, 0.717) is 42.9 Å². The van der Waals surface area contributed by atoms with Gasteiger partial charge in [-0.1, -0.05) is 30.3 Å². The summed E-state index contributed by atoms with van der Waals surface area (Å²) in [4.78, 5) is 44.0. The number of benzene rings is 1. The number of thioether (sulfide) groups is 1. The van der Waals surface area contributed by atoms with Crippen LogP contribution in [0.25, 0.3) is 0 Å². The van der Waals surface area contributed by atoms with Crippen molar-refractivity contribution >= 4 is 29.6 Å². The van der Waals surface area contributed by atoms with Gasteiger partial charge in [0.15, 0.2) is 0 Å². The van der Waals surface area contributed by atoms with Gasteiger partial charge in [-0.25, -0.2) is 9.78 Å². The maximum atomic E-state index is 13.0. The second kappa shape index (κ2) is 8.47. The van der Waals surface area contributed by atoms with Gasteiger partial charge in [-0.2, -0.15) is 0 Å². The van der Waals surface area contributed by atoms with Crippen LogP contribution in [0.4, 0.5) is 4.79 Å². The number of carbonyl (C=O) groups is 3. The van der Waals surface area contributed by atoms with E-state index in [4.69, 9.17) is 0 Å². The number of amides is 4. The van der Waals surface area contributed by atoms with Gasteiger partial charge in [-0.3, -0.25) is 14.9 Å². The summed E-state index contributed by atoms with van der Waals surface area (Å²) in [6, 6.07) is 12.8. The zero-order valence-corrected chi connectivity index (χ0v) is 17.6. The molecule has 1 aromatic heterocycles. The Labute approximate surface area is 179 Å². The Morgan fingerprint density at radius 2 is 1.90 bits per heavy atom. The molecule has 0 radical (unpaired) electrons. The van der Waals surface area contributed by atoms with E-state index in [0.717, 1.165) is 5.56 Å². The first-order valence-electron chi connectivity index (χ1n) is 9.99. The summed E-state index contributed by atoms with van der Waals surface area (Å²) in [6.45, 7) is 1.07. The molecular formula is C22H24N4O3S. The van der Waals surface area contributed by atoms with Crippen LogP contribution in [0.2, 0.25) is 0 Å². The van der Waals surface area contributed by atoms with Crippen molar-refractivity contribution in [3.63, 3.8) is 0 Å². The summed E-state index contributed by atoms with van der Waals surface area (Å²) >= 11 is 1.45. The number of nitrogens with zero attached hydrogens (tertiary/aromatic N) is 2. The summed E-state index contributed by atoms with van der Waals surface area (Å²) in [5.41, 5.74) is 0.620. The highest BCUT2D eigenvalue weighted by molar-refractivity contribution is 7.98. The number of likely N-dealkylation sites (tertiary alicyclic amines) is 1. The standard InChI is InChI=1S/C22H24N4O3S/c1-30-18-17(8-5-11-23-18)19(27)26-12-9-16(10-13-26)22(20(28)24-21(29)25-22)14-15-6-3-2-4-7-15/h2-8,11,16H,9-10,12-14H2,1H3,(H2,24,25,28,29)/t22-/m1/s1. The van der Waals surface area contributed by atoms with Crippen LogP contribution in [0.5, 0.6) is 0 Å². The van der Waals surface area contributed by atoms with Crippen molar-refractivity contribution in [1.29, 1.82) is 0 Å². The molecule has 4 amide bonds. The Hall–Kier alpha value is -2.87. The van der Waals surface area contributed by atoms with E-state index in [2.05, 4.69) is 15.6 Å². The molecule has 3 heterocycles. The maximum Gasteiger partial charge on any atom is 0.322 e. The number of hydrogen-bond donors (Lipinski definition) is 2. The van der Waals surface area contributed by atoms with Crippen LogP contribution in [0.3, 0.4) is 0 Å². The zero-order chi connectivity index (χ0) is 21.1. The number of imide groups is 1. The molecule has 0 saturated carbocycles. The van der Waals surface area contributed by atoms with Crippen molar-refractivity contribution in [2.75, 3.05) is 19.3 Å². The fraction of sp³-hybridized carbons (Fsp3) is 0.364. The number of urea groups is 1. The first kappa shape index (κ1) is 20.4. The van der Waals surface area contributed by atoms with Crippen molar-refractivity contribution in [1.82, 2.24) is 20.5 Å². The lowest BCUT2D eigenvalue weighted by atomic mass is 9.74. The van der Waals surface area contributed by atoms with Gasteiger partial charge in [-0.05, 0) is 42.7 Å². The van der Waals surface area contributed by atoms with Crippen molar-refractivity contribution in [2.24, 2.45) is 5.92 Å². The molecule has 4 rings (SSSR count). The van der Waals surface area contributed by atoms with E-state index in [1.165, 1.54) is 11.8 Å². The van der Waals surface area contributed by atoms with E-state index in [1.54, 1.807) is 18.3 Å². The first-order chi connectivity index (χ1) is 14.5. The minimum absolute atomic E-state index is 0.0390. The van der Waals surface area contributed by atoms with Gasteiger partial charge in [0.05, 0.1) is 5.56 Å². The van der Waals surface area contributed by atoms with Crippen LogP contribution in [0.15, 0.2) is 53.7 Å². The van der Waals surface area contributed by atoms with E-state index in [-0.39, 0.29) is 17.7 Å². The van der Waals surface area contributed by atoms with Gasteiger partial charge in [0, 0.05) is 25.7 Å². The fourth-order valence-corrected chi connectivity index (χ4v) is 4.98. The Bertz CT molecular complexity index is 960. The van der Waals surface area contributed by atoms with Crippen LogP contribution in [0.1, 0.15) is 28.8 Å². The highest BCUT2D eigenvalue weighted by Crippen LogP contribution is 2.34. The van der Waals surface area contributed by atoms with E-state index < -0.39 is 11.6 Å². The highest BCUT2D eigenvalue weighted by atomic mass is 32.2. The Balaban J connectivity index is 1.51. The normalized spacial score (nSPS) is 22.0. The largest absolute Gasteiger partial charge is 0.339 e. The van der Waals surface area contributed by atoms with Crippen molar-refractivity contribution < 1.29 is 14.4 Å². The van der Waals surface area contributed by atoms with Crippen LogP contribution in [-0.4, -0.2) is 52.6 Å². The van der Waals surface area contributed by atoms with E-state index >= 15 is 0 Å². The number of hydrogen-bond acceptors (Lipinski definition) is 5. The van der Waals surface area contributed by atoms with Crippen molar-refractivity contribution in [3.8, 4) is 0 Å². The van der Waals surface area contributed by atoms with Crippen LogP contribution in [-0.2, 0) is 11.2 Å². The summed E-state index contributed by atoms with van der Waals surface area (Å²) < 4.78 is 0. The molecule has 0 aliphatic carbocycles.